The Bertz CT molecular complexity index is 964. The van der Waals surface area contributed by atoms with E-state index in [-0.39, 0.29) is 6.04 Å². The highest BCUT2D eigenvalue weighted by Crippen LogP contribution is 2.38. The van der Waals surface area contributed by atoms with Gasteiger partial charge in [-0.2, -0.15) is 0 Å². The number of ether oxygens (including phenoxy) is 3. The third-order valence-electron chi connectivity index (χ3n) is 5.03. The van der Waals surface area contributed by atoms with Crippen LogP contribution < -0.4 is 19.5 Å². The number of benzene rings is 2. The SMILES string of the molecule is CCOc1cc2c(cc1OCC)-n1cccc1[C@H](c1ccccc1OC)NC2. The number of para-hydroxylation sites is 1. The van der Waals surface area contributed by atoms with Crippen molar-refractivity contribution in [3.63, 3.8) is 0 Å². The van der Waals surface area contributed by atoms with Crippen LogP contribution in [-0.2, 0) is 6.54 Å². The van der Waals surface area contributed by atoms with Crippen LogP contribution in [0.25, 0.3) is 5.69 Å². The predicted octanol–water partition coefficient (Wildman–Crippen LogP) is 4.48. The van der Waals surface area contributed by atoms with Crippen molar-refractivity contribution in [1.82, 2.24) is 9.88 Å². The van der Waals surface area contributed by atoms with Gasteiger partial charge < -0.3 is 24.1 Å². The molecule has 1 aliphatic rings. The quantitative estimate of drug-likeness (QED) is 0.687. The van der Waals surface area contributed by atoms with Gasteiger partial charge in [0, 0.05) is 30.1 Å². The Morgan fingerprint density at radius 1 is 0.964 bits per heavy atom. The molecule has 0 amide bonds. The molecule has 0 saturated carbocycles. The van der Waals surface area contributed by atoms with Gasteiger partial charge in [-0.25, -0.2) is 0 Å². The maximum absolute atomic E-state index is 5.86. The van der Waals surface area contributed by atoms with Crippen molar-refractivity contribution < 1.29 is 14.2 Å². The highest BCUT2D eigenvalue weighted by Gasteiger charge is 2.26. The number of nitrogens with one attached hydrogen (secondary N) is 1. The third-order valence-corrected chi connectivity index (χ3v) is 5.03. The van der Waals surface area contributed by atoms with Crippen LogP contribution in [0.15, 0.2) is 54.7 Å². The van der Waals surface area contributed by atoms with Gasteiger partial charge in [-0.05, 0) is 43.7 Å². The monoisotopic (exact) mass is 378 g/mol. The maximum Gasteiger partial charge on any atom is 0.163 e. The molecular weight excluding hydrogens is 352 g/mol. The predicted molar refractivity (Wildman–Crippen MR) is 110 cm³/mol. The Morgan fingerprint density at radius 3 is 2.46 bits per heavy atom. The number of fused-ring (bicyclic) bond motifs is 3. The summed E-state index contributed by atoms with van der Waals surface area (Å²) in [6, 6.07) is 16.6. The smallest absolute Gasteiger partial charge is 0.163 e. The van der Waals surface area contributed by atoms with Crippen molar-refractivity contribution in [2.75, 3.05) is 20.3 Å². The molecule has 0 fully saturated rings. The second-order valence-electron chi connectivity index (χ2n) is 6.65. The van der Waals surface area contributed by atoms with Crippen LogP contribution in [-0.4, -0.2) is 24.9 Å². The minimum absolute atomic E-state index is 0.0182. The summed E-state index contributed by atoms with van der Waals surface area (Å²) in [6.07, 6.45) is 2.10. The lowest BCUT2D eigenvalue weighted by atomic mass is 10.0. The molecule has 1 aromatic heterocycles. The number of hydrogen-bond donors (Lipinski definition) is 1. The lowest BCUT2D eigenvalue weighted by Gasteiger charge is -2.20. The van der Waals surface area contributed by atoms with Crippen LogP contribution in [0, 0.1) is 0 Å². The first kappa shape index (κ1) is 18.4. The van der Waals surface area contributed by atoms with E-state index in [1.807, 2.05) is 32.0 Å². The molecule has 2 heterocycles. The summed E-state index contributed by atoms with van der Waals surface area (Å²) in [5.41, 5.74) is 4.56. The van der Waals surface area contributed by atoms with Gasteiger partial charge in [0.1, 0.15) is 5.75 Å². The zero-order valence-electron chi connectivity index (χ0n) is 16.6. The number of hydrogen-bond acceptors (Lipinski definition) is 4. The average Bonchev–Trinajstić information content (AvgIpc) is 3.14. The van der Waals surface area contributed by atoms with E-state index in [4.69, 9.17) is 14.2 Å². The van der Waals surface area contributed by atoms with E-state index in [0.29, 0.717) is 19.8 Å². The summed E-state index contributed by atoms with van der Waals surface area (Å²) in [6.45, 7) is 5.89. The highest BCUT2D eigenvalue weighted by molar-refractivity contribution is 5.57. The molecule has 28 heavy (non-hydrogen) atoms. The molecule has 3 aromatic rings. The topological polar surface area (TPSA) is 44.7 Å². The van der Waals surface area contributed by atoms with Crippen molar-refractivity contribution in [1.29, 1.82) is 0 Å². The highest BCUT2D eigenvalue weighted by atomic mass is 16.5. The van der Waals surface area contributed by atoms with Gasteiger partial charge in [-0.15, -0.1) is 0 Å². The maximum atomic E-state index is 5.86. The van der Waals surface area contributed by atoms with Crippen molar-refractivity contribution in [2.24, 2.45) is 0 Å². The Labute approximate surface area is 165 Å². The first-order chi connectivity index (χ1) is 13.8. The van der Waals surface area contributed by atoms with Gasteiger partial charge in [0.15, 0.2) is 11.5 Å². The van der Waals surface area contributed by atoms with Crippen LogP contribution in [0.3, 0.4) is 0 Å². The summed E-state index contributed by atoms with van der Waals surface area (Å²) < 4.78 is 19.5. The molecule has 1 aliphatic heterocycles. The molecule has 1 N–H and O–H groups in total. The Kier molecular flexibility index (Phi) is 5.26. The van der Waals surface area contributed by atoms with Crippen LogP contribution in [0.5, 0.6) is 17.2 Å². The molecule has 1 atom stereocenters. The summed E-state index contributed by atoms with van der Waals surface area (Å²) in [5.74, 6) is 2.44. The first-order valence-corrected chi connectivity index (χ1v) is 9.73. The van der Waals surface area contributed by atoms with Crippen LogP contribution >= 0.6 is 0 Å². The Hall–Kier alpha value is -2.92. The lowest BCUT2D eigenvalue weighted by molar-refractivity contribution is 0.287. The average molecular weight is 378 g/mol. The van der Waals surface area contributed by atoms with Crippen molar-refractivity contribution in [3.05, 3.63) is 71.5 Å². The fraction of sp³-hybridized carbons (Fsp3) is 0.304. The van der Waals surface area contributed by atoms with E-state index in [0.717, 1.165) is 34.2 Å². The van der Waals surface area contributed by atoms with Gasteiger partial charge in [-0.3, -0.25) is 0 Å². The summed E-state index contributed by atoms with van der Waals surface area (Å²) in [4.78, 5) is 0. The molecule has 2 aromatic carbocycles. The van der Waals surface area contributed by atoms with E-state index >= 15 is 0 Å². The molecule has 0 aliphatic carbocycles. The number of methoxy groups -OCH3 is 1. The zero-order valence-corrected chi connectivity index (χ0v) is 16.6. The van der Waals surface area contributed by atoms with Gasteiger partial charge in [0.2, 0.25) is 0 Å². The van der Waals surface area contributed by atoms with Crippen LogP contribution in [0.1, 0.15) is 36.7 Å². The third kappa shape index (κ3) is 3.22. The fourth-order valence-electron chi connectivity index (χ4n) is 3.83. The summed E-state index contributed by atoms with van der Waals surface area (Å²) >= 11 is 0. The molecule has 4 rings (SSSR count). The molecule has 0 radical (unpaired) electrons. The van der Waals surface area contributed by atoms with Crippen molar-refractivity contribution in [2.45, 2.75) is 26.4 Å². The van der Waals surface area contributed by atoms with E-state index in [2.05, 4.69) is 46.4 Å². The summed E-state index contributed by atoms with van der Waals surface area (Å²) in [5, 5.41) is 3.69. The van der Waals surface area contributed by atoms with Gasteiger partial charge in [0.05, 0.1) is 32.1 Å². The molecule has 146 valence electrons. The Morgan fingerprint density at radius 2 is 1.71 bits per heavy atom. The summed E-state index contributed by atoms with van der Waals surface area (Å²) in [7, 11) is 1.71. The molecule has 0 spiro atoms. The molecule has 5 nitrogen and oxygen atoms in total. The van der Waals surface area contributed by atoms with E-state index in [1.165, 1.54) is 5.56 Å². The van der Waals surface area contributed by atoms with E-state index in [1.54, 1.807) is 7.11 Å². The largest absolute Gasteiger partial charge is 0.496 e. The fourth-order valence-corrected chi connectivity index (χ4v) is 3.83. The second kappa shape index (κ2) is 7.98. The van der Waals surface area contributed by atoms with Gasteiger partial charge >= 0.3 is 0 Å². The molecule has 0 bridgehead atoms. The molecule has 0 unspecified atom stereocenters. The molecular formula is C23H26N2O3. The molecule has 5 heteroatoms. The zero-order chi connectivity index (χ0) is 19.5. The lowest BCUT2D eigenvalue weighted by Crippen LogP contribution is -2.21. The number of rotatable bonds is 6. The standard InChI is InChI=1S/C23H26N2O3/c1-4-27-21-13-16-15-24-23(17-9-6-7-11-20(17)26-3)18-10-8-12-25(18)19(16)14-22(21)28-5-2/h6-14,23-24H,4-5,15H2,1-3H3/t23-/m0/s1. The molecule has 0 saturated heterocycles. The van der Waals surface area contributed by atoms with Crippen LogP contribution in [0.2, 0.25) is 0 Å². The van der Waals surface area contributed by atoms with Gasteiger partial charge in [-0.1, -0.05) is 18.2 Å². The number of nitrogens with zero attached hydrogens (tertiary/aromatic N) is 1. The van der Waals surface area contributed by atoms with E-state index in [9.17, 15) is 0 Å². The van der Waals surface area contributed by atoms with Crippen LogP contribution in [0.4, 0.5) is 0 Å². The number of aromatic nitrogens is 1. The van der Waals surface area contributed by atoms with Crippen molar-refractivity contribution in [3.8, 4) is 22.9 Å². The second-order valence-corrected chi connectivity index (χ2v) is 6.65. The Balaban J connectivity index is 1.83. The van der Waals surface area contributed by atoms with Gasteiger partial charge in [0.25, 0.3) is 0 Å². The minimum Gasteiger partial charge on any atom is -0.496 e. The first-order valence-electron chi connectivity index (χ1n) is 9.73. The van der Waals surface area contributed by atoms with Crippen molar-refractivity contribution >= 4 is 0 Å². The van der Waals surface area contributed by atoms with E-state index < -0.39 is 0 Å². The normalized spacial score (nSPS) is 15.3. The minimum atomic E-state index is 0.0182.